The summed E-state index contributed by atoms with van der Waals surface area (Å²) in [6.07, 6.45) is 0. The number of hydrogen-bond acceptors (Lipinski definition) is 3. The Labute approximate surface area is 127 Å². The molecule has 0 saturated carbocycles. The van der Waals surface area contributed by atoms with Crippen molar-refractivity contribution in [3.05, 3.63) is 34.6 Å². The molecule has 0 heterocycles. The van der Waals surface area contributed by atoms with Crippen LogP contribution in [-0.4, -0.2) is 36.9 Å². The number of nitrogens with two attached hydrogens (primary N) is 1. The molecule has 0 aliphatic heterocycles. The normalized spacial score (nSPS) is 9.60. The molecule has 2 amide bonds. The van der Waals surface area contributed by atoms with Gasteiger partial charge in [-0.05, 0) is 12.1 Å². The number of carbonyl (C=O) groups excluding carboxylic acids is 2. The number of nitrogens with zero attached hydrogens (tertiary/aromatic N) is 1. The molecule has 3 N–H and O–H groups in total. The van der Waals surface area contributed by atoms with E-state index in [1.807, 2.05) is 0 Å². The predicted molar refractivity (Wildman–Crippen MR) is 77.2 cm³/mol. The average Bonchev–Trinajstić information content (AvgIpc) is 2.39. The lowest BCUT2D eigenvalue weighted by molar-refractivity contribution is -0.131. The number of nitrogens with one attached hydrogen (secondary N) is 1. The van der Waals surface area contributed by atoms with Crippen LogP contribution in [0.5, 0.6) is 0 Å². The molecule has 1 rings (SSSR count). The van der Waals surface area contributed by atoms with E-state index in [-0.39, 0.29) is 48.5 Å². The van der Waals surface area contributed by atoms with Crippen LogP contribution in [0, 0.1) is 5.82 Å². The van der Waals surface area contributed by atoms with Gasteiger partial charge in [0.1, 0.15) is 5.82 Å². The summed E-state index contributed by atoms with van der Waals surface area (Å²) in [5.74, 6) is -1.26. The average molecular weight is 324 g/mol. The number of halogens is 3. The lowest BCUT2D eigenvalue weighted by Crippen LogP contribution is -2.40. The summed E-state index contributed by atoms with van der Waals surface area (Å²) in [7, 11) is 1.50. The zero-order valence-corrected chi connectivity index (χ0v) is 12.4. The Hall–Kier alpha value is -1.37. The lowest BCUT2D eigenvalue weighted by Gasteiger charge is -2.18. The molecule has 0 atom stereocenters. The number of likely N-dealkylation sites (N-methyl/N-ethyl adjacent to an activating group) is 1. The van der Waals surface area contributed by atoms with Gasteiger partial charge in [-0.1, -0.05) is 17.7 Å². The number of carbonyl (C=O) groups is 2. The van der Waals surface area contributed by atoms with E-state index in [0.29, 0.717) is 0 Å². The summed E-state index contributed by atoms with van der Waals surface area (Å²) >= 11 is 5.86. The van der Waals surface area contributed by atoms with Crippen molar-refractivity contribution in [1.82, 2.24) is 10.2 Å². The van der Waals surface area contributed by atoms with Crippen LogP contribution < -0.4 is 11.1 Å². The van der Waals surface area contributed by atoms with Crippen molar-refractivity contribution in [2.24, 2.45) is 5.73 Å². The van der Waals surface area contributed by atoms with E-state index in [1.165, 1.54) is 24.1 Å². The molecule has 0 aliphatic rings. The van der Waals surface area contributed by atoms with Crippen molar-refractivity contribution in [2.45, 2.75) is 6.54 Å². The van der Waals surface area contributed by atoms with Crippen LogP contribution in [0.4, 0.5) is 4.39 Å². The third-order valence-corrected chi connectivity index (χ3v) is 2.86. The highest BCUT2D eigenvalue weighted by Gasteiger charge is 2.14. The second-order valence-electron chi connectivity index (χ2n) is 3.93. The molecule has 1 aromatic rings. The van der Waals surface area contributed by atoms with Gasteiger partial charge in [0.25, 0.3) is 0 Å². The monoisotopic (exact) mass is 323 g/mol. The third kappa shape index (κ3) is 5.32. The fourth-order valence-electron chi connectivity index (χ4n) is 1.39. The van der Waals surface area contributed by atoms with E-state index in [4.69, 9.17) is 17.3 Å². The molecule has 0 bridgehead atoms. The molecular formula is C12H16Cl2FN3O2. The number of benzene rings is 1. The summed E-state index contributed by atoms with van der Waals surface area (Å²) in [4.78, 5) is 23.9. The van der Waals surface area contributed by atoms with Gasteiger partial charge in [0, 0.05) is 24.2 Å². The summed E-state index contributed by atoms with van der Waals surface area (Å²) in [5.41, 5.74) is 5.33. The maximum absolute atomic E-state index is 13.5. The Morgan fingerprint density at radius 2 is 2.10 bits per heavy atom. The van der Waals surface area contributed by atoms with E-state index in [0.717, 1.165) is 0 Å². The van der Waals surface area contributed by atoms with Gasteiger partial charge in [0.05, 0.1) is 13.1 Å². The van der Waals surface area contributed by atoms with Gasteiger partial charge >= 0.3 is 0 Å². The predicted octanol–water partition coefficient (Wildman–Crippen LogP) is 0.934. The van der Waals surface area contributed by atoms with Gasteiger partial charge in [0.2, 0.25) is 11.8 Å². The smallest absolute Gasteiger partial charge is 0.242 e. The standard InChI is InChI=1S/C12H15ClFN3O2.ClH/c1-17(12(19)6-16-11(18)5-15)7-8-9(13)3-2-4-10(8)14;/h2-4H,5-7,15H2,1H3,(H,16,18);1H. The number of rotatable bonds is 5. The Bertz CT molecular complexity index is 466. The Kier molecular flexibility index (Phi) is 8.13. The first-order valence-electron chi connectivity index (χ1n) is 5.59. The van der Waals surface area contributed by atoms with Gasteiger partial charge in [0.15, 0.2) is 0 Å². The van der Waals surface area contributed by atoms with E-state index >= 15 is 0 Å². The molecule has 0 aromatic heterocycles. The second kappa shape index (κ2) is 8.73. The van der Waals surface area contributed by atoms with Gasteiger partial charge in [-0.25, -0.2) is 4.39 Å². The summed E-state index contributed by atoms with van der Waals surface area (Å²) in [6.45, 7) is -0.336. The molecule has 0 fully saturated rings. The largest absolute Gasteiger partial charge is 0.346 e. The molecular weight excluding hydrogens is 308 g/mol. The Balaban J connectivity index is 0.00000361. The van der Waals surface area contributed by atoms with E-state index in [9.17, 15) is 14.0 Å². The Morgan fingerprint density at radius 3 is 2.65 bits per heavy atom. The molecule has 0 spiro atoms. The summed E-state index contributed by atoms with van der Waals surface area (Å²) in [6, 6.07) is 4.31. The Morgan fingerprint density at radius 1 is 1.45 bits per heavy atom. The van der Waals surface area contributed by atoms with E-state index in [2.05, 4.69) is 5.32 Å². The molecule has 8 heteroatoms. The van der Waals surface area contributed by atoms with Crippen molar-refractivity contribution < 1.29 is 14.0 Å². The first kappa shape index (κ1) is 18.6. The maximum Gasteiger partial charge on any atom is 0.242 e. The molecule has 20 heavy (non-hydrogen) atoms. The van der Waals surface area contributed by atoms with Crippen LogP contribution in [-0.2, 0) is 16.1 Å². The lowest BCUT2D eigenvalue weighted by atomic mass is 10.2. The molecule has 1 aromatic carbocycles. The van der Waals surface area contributed by atoms with Gasteiger partial charge in [-0.15, -0.1) is 12.4 Å². The molecule has 0 unspecified atom stereocenters. The highest BCUT2D eigenvalue weighted by Crippen LogP contribution is 2.20. The van der Waals surface area contributed by atoms with Gasteiger partial charge in [-0.3, -0.25) is 9.59 Å². The molecule has 5 nitrogen and oxygen atoms in total. The molecule has 0 radical (unpaired) electrons. The van der Waals surface area contributed by atoms with Crippen LogP contribution in [0.25, 0.3) is 0 Å². The van der Waals surface area contributed by atoms with Crippen molar-refractivity contribution in [2.75, 3.05) is 20.1 Å². The fourth-order valence-corrected chi connectivity index (χ4v) is 1.61. The number of amides is 2. The highest BCUT2D eigenvalue weighted by atomic mass is 35.5. The SMILES string of the molecule is CN(Cc1c(F)cccc1Cl)C(=O)CNC(=O)CN.Cl. The zero-order chi connectivity index (χ0) is 14.4. The zero-order valence-electron chi connectivity index (χ0n) is 10.9. The minimum Gasteiger partial charge on any atom is -0.346 e. The molecule has 112 valence electrons. The van der Waals surface area contributed by atoms with Gasteiger partial charge in [-0.2, -0.15) is 0 Å². The first-order chi connectivity index (χ1) is 8.95. The van der Waals surface area contributed by atoms with Crippen molar-refractivity contribution >= 4 is 35.8 Å². The quantitative estimate of drug-likeness (QED) is 0.846. The van der Waals surface area contributed by atoms with Crippen LogP contribution in [0.1, 0.15) is 5.56 Å². The van der Waals surface area contributed by atoms with E-state index in [1.54, 1.807) is 6.07 Å². The highest BCUT2D eigenvalue weighted by molar-refractivity contribution is 6.31. The first-order valence-corrected chi connectivity index (χ1v) is 5.97. The number of hydrogen-bond donors (Lipinski definition) is 2. The van der Waals surface area contributed by atoms with Gasteiger partial charge < -0.3 is 16.0 Å². The van der Waals surface area contributed by atoms with Crippen LogP contribution >= 0.6 is 24.0 Å². The van der Waals surface area contributed by atoms with Crippen LogP contribution in [0.3, 0.4) is 0 Å². The fraction of sp³-hybridized carbons (Fsp3) is 0.333. The minimum atomic E-state index is -0.474. The van der Waals surface area contributed by atoms with E-state index < -0.39 is 11.7 Å². The molecule has 0 aliphatic carbocycles. The summed E-state index contributed by atoms with van der Waals surface area (Å²) < 4.78 is 13.5. The van der Waals surface area contributed by atoms with Crippen LogP contribution in [0.2, 0.25) is 5.02 Å². The van der Waals surface area contributed by atoms with Crippen molar-refractivity contribution in [3.63, 3.8) is 0 Å². The minimum absolute atomic E-state index is 0. The van der Waals surface area contributed by atoms with Crippen LogP contribution in [0.15, 0.2) is 18.2 Å². The molecule has 0 saturated heterocycles. The topological polar surface area (TPSA) is 75.4 Å². The van der Waals surface area contributed by atoms with Crippen molar-refractivity contribution in [1.29, 1.82) is 0 Å². The maximum atomic E-state index is 13.5. The second-order valence-corrected chi connectivity index (χ2v) is 4.34. The summed E-state index contributed by atoms with van der Waals surface area (Å²) in [5, 5.41) is 2.60. The third-order valence-electron chi connectivity index (χ3n) is 2.50. The van der Waals surface area contributed by atoms with Crippen molar-refractivity contribution in [3.8, 4) is 0 Å².